The lowest BCUT2D eigenvalue weighted by Crippen LogP contribution is -2.38. The maximum Gasteiger partial charge on any atom is 0.259 e. The molecule has 1 amide bonds. The van der Waals surface area contributed by atoms with Crippen LogP contribution in [-0.4, -0.2) is 33.8 Å². The summed E-state index contributed by atoms with van der Waals surface area (Å²) in [6.07, 6.45) is 0. The van der Waals surface area contributed by atoms with E-state index in [0.717, 1.165) is 33.8 Å². The summed E-state index contributed by atoms with van der Waals surface area (Å²) < 4.78 is 7.46. The molecule has 0 bridgehead atoms. The molecule has 29 heavy (non-hydrogen) atoms. The molecule has 0 saturated heterocycles. The van der Waals surface area contributed by atoms with Gasteiger partial charge in [0.25, 0.3) is 5.91 Å². The molecule has 3 heterocycles. The van der Waals surface area contributed by atoms with Gasteiger partial charge in [-0.2, -0.15) is 5.10 Å². The lowest BCUT2D eigenvalue weighted by atomic mass is 10.0. The second-order valence-electron chi connectivity index (χ2n) is 7.10. The molecule has 0 spiro atoms. The summed E-state index contributed by atoms with van der Waals surface area (Å²) in [5.41, 5.74) is 4.61. The van der Waals surface area contributed by atoms with Gasteiger partial charge in [0.05, 0.1) is 34.6 Å². The van der Waals surface area contributed by atoms with Gasteiger partial charge in [0.2, 0.25) is 0 Å². The largest absolute Gasteiger partial charge is 0.490 e. The third-order valence-electron chi connectivity index (χ3n) is 5.24. The molecular weight excluding hydrogens is 364 g/mol. The van der Waals surface area contributed by atoms with Gasteiger partial charge in [-0.25, -0.2) is 4.98 Å². The van der Waals surface area contributed by atoms with Gasteiger partial charge in [-0.3, -0.25) is 9.48 Å². The highest BCUT2D eigenvalue weighted by molar-refractivity contribution is 6.15. The van der Waals surface area contributed by atoms with Crippen LogP contribution in [0.2, 0.25) is 0 Å². The quantitative estimate of drug-likeness (QED) is 0.524. The van der Waals surface area contributed by atoms with E-state index in [1.807, 2.05) is 74.6 Å². The Balaban J connectivity index is 1.71. The highest BCUT2D eigenvalue weighted by atomic mass is 16.5. The monoisotopic (exact) mass is 384 g/mol. The first-order chi connectivity index (χ1) is 14.1. The second-order valence-corrected chi connectivity index (χ2v) is 7.10. The van der Waals surface area contributed by atoms with Gasteiger partial charge in [-0.15, -0.1) is 0 Å². The molecule has 0 saturated carbocycles. The Labute approximate surface area is 168 Å². The number of benzene rings is 2. The number of rotatable bonds is 2. The van der Waals surface area contributed by atoms with Crippen LogP contribution in [0.3, 0.4) is 0 Å². The van der Waals surface area contributed by atoms with Crippen LogP contribution in [0.4, 0.5) is 5.69 Å². The number of ether oxygens (including phenoxy) is 1. The fraction of sp³-hybridized carbons (Fsp3) is 0.174. The van der Waals surface area contributed by atoms with E-state index in [0.29, 0.717) is 24.4 Å². The zero-order valence-corrected chi connectivity index (χ0v) is 16.3. The van der Waals surface area contributed by atoms with Crippen molar-refractivity contribution < 1.29 is 9.53 Å². The van der Waals surface area contributed by atoms with E-state index in [-0.39, 0.29) is 5.91 Å². The van der Waals surface area contributed by atoms with Crippen molar-refractivity contribution in [1.29, 1.82) is 0 Å². The van der Waals surface area contributed by atoms with E-state index in [4.69, 9.17) is 9.72 Å². The van der Waals surface area contributed by atoms with Crippen molar-refractivity contribution in [1.82, 2.24) is 14.8 Å². The first-order valence-electron chi connectivity index (χ1n) is 9.57. The van der Waals surface area contributed by atoms with Gasteiger partial charge in [-0.1, -0.05) is 42.5 Å². The maximum atomic E-state index is 13.7. The number of hydrogen-bond acceptors (Lipinski definition) is 4. The number of anilines is 1. The molecule has 144 valence electrons. The molecule has 0 N–H and O–H groups in total. The number of carbonyl (C=O) groups excluding carboxylic acids is 1. The minimum absolute atomic E-state index is 0.0681. The molecule has 2 aromatic heterocycles. The van der Waals surface area contributed by atoms with Gasteiger partial charge in [0, 0.05) is 12.6 Å². The summed E-state index contributed by atoms with van der Waals surface area (Å²) in [6.45, 7) is 2.88. The van der Waals surface area contributed by atoms with E-state index in [2.05, 4.69) is 5.10 Å². The Kier molecular flexibility index (Phi) is 4.05. The zero-order valence-electron chi connectivity index (χ0n) is 16.3. The fourth-order valence-corrected chi connectivity index (χ4v) is 3.90. The molecule has 0 fully saturated rings. The van der Waals surface area contributed by atoms with Gasteiger partial charge in [0.1, 0.15) is 12.4 Å². The van der Waals surface area contributed by atoms with Crippen LogP contribution in [-0.2, 0) is 7.05 Å². The summed E-state index contributed by atoms with van der Waals surface area (Å²) in [5.74, 6) is 0.657. The predicted octanol–water partition coefficient (Wildman–Crippen LogP) is 3.98. The van der Waals surface area contributed by atoms with Crippen LogP contribution >= 0.6 is 0 Å². The first-order valence-corrected chi connectivity index (χ1v) is 9.57. The van der Waals surface area contributed by atoms with Crippen LogP contribution in [0, 0.1) is 6.92 Å². The third kappa shape index (κ3) is 2.84. The van der Waals surface area contributed by atoms with Crippen molar-refractivity contribution >= 4 is 22.6 Å². The van der Waals surface area contributed by atoms with Gasteiger partial charge in [-0.05, 0) is 25.1 Å². The highest BCUT2D eigenvalue weighted by Crippen LogP contribution is 2.34. The van der Waals surface area contributed by atoms with E-state index >= 15 is 0 Å². The Morgan fingerprint density at radius 3 is 2.66 bits per heavy atom. The Morgan fingerprint density at radius 1 is 1.07 bits per heavy atom. The molecule has 0 aliphatic carbocycles. The minimum Gasteiger partial charge on any atom is -0.490 e. The number of para-hydroxylation sites is 2. The third-order valence-corrected chi connectivity index (χ3v) is 5.24. The number of pyridine rings is 1. The lowest BCUT2D eigenvalue weighted by Gasteiger charge is -2.29. The molecule has 2 aromatic carbocycles. The molecule has 4 aromatic rings. The summed E-state index contributed by atoms with van der Waals surface area (Å²) >= 11 is 0. The molecule has 0 unspecified atom stereocenters. The van der Waals surface area contributed by atoms with Crippen LogP contribution in [0.1, 0.15) is 16.1 Å². The molecule has 6 heteroatoms. The molecule has 1 aliphatic heterocycles. The highest BCUT2D eigenvalue weighted by Gasteiger charge is 2.28. The maximum absolute atomic E-state index is 13.7. The Hall–Kier alpha value is -3.67. The molecular formula is C23H20N4O2. The normalized spacial score (nSPS) is 13.2. The average molecular weight is 384 g/mol. The number of amides is 1. The molecule has 1 aliphatic rings. The SMILES string of the molecule is Cc1nn(C)c2nc(-c3ccccc3)cc(C(=O)N3CCOc4ccccc43)c12. The van der Waals surface area contributed by atoms with E-state index in [1.54, 1.807) is 9.58 Å². The van der Waals surface area contributed by atoms with Crippen molar-refractivity contribution in [3.05, 3.63) is 71.9 Å². The zero-order chi connectivity index (χ0) is 20.0. The number of aromatic nitrogens is 3. The number of aryl methyl sites for hydroxylation is 2. The van der Waals surface area contributed by atoms with Crippen LogP contribution < -0.4 is 9.64 Å². The van der Waals surface area contributed by atoms with E-state index < -0.39 is 0 Å². The van der Waals surface area contributed by atoms with E-state index in [9.17, 15) is 4.79 Å². The summed E-state index contributed by atoms with van der Waals surface area (Å²) in [4.78, 5) is 20.3. The Bertz CT molecular complexity index is 1230. The van der Waals surface area contributed by atoms with Crippen molar-refractivity contribution in [2.24, 2.45) is 7.05 Å². The van der Waals surface area contributed by atoms with Crippen molar-refractivity contribution in [2.45, 2.75) is 6.92 Å². The van der Waals surface area contributed by atoms with Crippen LogP contribution in [0.5, 0.6) is 5.75 Å². The Morgan fingerprint density at radius 2 is 1.83 bits per heavy atom. The lowest BCUT2D eigenvalue weighted by molar-refractivity contribution is 0.0978. The number of hydrogen-bond donors (Lipinski definition) is 0. The smallest absolute Gasteiger partial charge is 0.259 e. The summed E-state index contributed by atoms with van der Waals surface area (Å²) in [6, 6.07) is 19.4. The van der Waals surface area contributed by atoms with Gasteiger partial charge >= 0.3 is 0 Å². The number of carbonyl (C=O) groups is 1. The molecule has 0 radical (unpaired) electrons. The van der Waals surface area contributed by atoms with Crippen molar-refractivity contribution in [2.75, 3.05) is 18.1 Å². The topological polar surface area (TPSA) is 60.2 Å². The van der Waals surface area contributed by atoms with Gasteiger partial charge < -0.3 is 9.64 Å². The van der Waals surface area contributed by atoms with Crippen LogP contribution in [0.15, 0.2) is 60.7 Å². The van der Waals surface area contributed by atoms with Crippen molar-refractivity contribution in [3.8, 4) is 17.0 Å². The predicted molar refractivity (Wildman–Crippen MR) is 112 cm³/mol. The molecule has 0 atom stereocenters. The van der Waals surface area contributed by atoms with Crippen molar-refractivity contribution in [3.63, 3.8) is 0 Å². The average Bonchev–Trinajstić information content (AvgIpc) is 3.06. The minimum atomic E-state index is -0.0681. The molecule has 5 rings (SSSR count). The first kappa shape index (κ1) is 17.4. The summed E-state index contributed by atoms with van der Waals surface area (Å²) in [5, 5.41) is 5.31. The fourth-order valence-electron chi connectivity index (χ4n) is 3.90. The number of nitrogens with zero attached hydrogens (tertiary/aromatic N) is 4. The van der Waals surface area contributed by atoms with Gasteiger partial charge in [0.15, 0.2) is 5.65 Å². The second kappa shape index (κ2) is 6.74. The standard InChI is InChI=1S/C23H20N4O2/c1-15-21-17(23(28)27-12-13-29-20-11-7-6-10-19(20)27)14-18(16-8-4-3-5-9-16)24-22(21)26(2)25-15/h3-11,14H,12-13H2,1-2H3. The summed E-state index contributed by atoms with van der Waals surface area (Å²) in [7, 11) is 1.86. The van der Waals surface area contributed by atoms with E-state index in [1.165, 1.54) is 0 Å². The number of fused-ring (bicyclic) bond motifs is 2. The molecule has 6 nitrogen and oxygen atoms in total. The van der Waals surface area contributed by atoms with Crippen LogP contribution in [0.25, 0.3) is 22.3 Å².